The van der Waals surface area contributed by atoms with E-state index in [1.54, 1.807) is 12.1 Å². The molecule has 0 atom stereocenters. The third-order valence-electron chi connectivity index (χ3n) is 3.89. The van der Waals surface area contributed by atoms with Crippen LogP contribution in [-0.4, -0.2) is 11.0 Å². The van der Waals surface area contributed by atoms with Crippen LogP contribution in [0.3, 0.4) is 0 Å². The Hall–Kier alpha value is -2.29. The van der Waals surface area contributed by atoms with Crippen LogP contribution in [0.2, 0.25) is 0 Å². The first-order valence-electron chi connectivity index (χ1n) is 8.39. The monoisotopic (exact) mass is 311 g/mol. The molecule has 0 aliphatic rings. The van der Waals surface area contributed by atoms with Gasteiger partial charge in [-0.1, -0.05) is 62.9 Å². The molecule has 0 aliphatic carbocycles. The van der Waals surface area contributed by atoms with Gasteiger partial charge in [-0.15, -0.1) is 0 Å². The number of carbonyl (C=O) groups is 1. The predicted molar refractivity (Wildman–Crippen MR) is 95.5 cm³/mol. The number of carbonyl (C=O) groups excluding carboxylic acids is 1. The standard InChI is InChI=1S/C20H25NO2/c1-2-3-4-5-6-11-20(23)21-17-14-12-16(13-15-17)18-9-7-8-10-19(18)22/h7-10,12-15,22H,2-6,11H2,1H3,(H,21,23). The number of hydrogen-bond acceptors (Lipinski definition) is 2. The van der Waals surface area contributed by atoms with Crippen molar-refractivity contribution in [1.29, 1.82) is 0 Å². The van der Waals surface area contributed by atoms with Gasteiger partial charge in [-0.3, -0.25) is 4.79 Å². The molecule has 0 saturated carbocycles. The number of benzene rings is 2. The Morgan fingerprint density at radius 1 is 0.957 bits per heavy atom. The number of nitrogens with one attached hydrogen (secondary N) is 1. The molecule has 0 radical (unpaired) electrons. The molecule has 23 heavy (non-hydrogen) atoms. The van der Waals surface area contributed by atoms with Gasteiger partial charge in [-0.05, 0) is 30.2 Å². The minimum absolute atomic E-state index is 0.0665. The summed E-state index contributed by atoms with van der Waals surface area (Å²) in [6.07, 6.45) is 6.31. The molecule has 0 fully saturated rings. The Labute approximate surface area is 138 Å². The lowest BCUT2D eigenvalue weighted by Crippen LogP contribution is -2.10. The zero-order valence-electron chi connectivity index (χ0n) is 13.7. The molecule has 0 saturated heterocycles. The summed E-state index contributed by atoms with van der Waals surface area (Å²) < 4.78 is 0. The molecule has 2 aromatic carbocycles. The third kappa shape index (κ3) is 5.44. The van der Waals surface area contributed by atoms with E-state index in [0.29, 0.717) is 6.42 Å². The molecule has 122 valence electrons. The topological polar surface area (TPSA) is 49.3 Å². The summed E-state index contributed by atoms with van der Waals surface area (Å²) >= 11 is 0. The van der Waals surface area contributed by atoms with Crippen LogP contribution in [0.25, 0.3) is 11.1 Å². The normalized spacial score (nSPS) is 10.5. The van der Waals surface area contributed by atoms with Crippen molar-refractivity contribution in [2.45, 2.75) is 45.4 Å². The first kappa shape index (κ1) is 17.1. The molecular weight excluding hydrogens is 286 g/mol. The molecule has 2 aromatic rings. The molecule has 2 rings (SSSR count). The fourth-order valence-electron chi connectivity index (χ4n) is 2.56. The molecule has 0 bridgehead atoms. The van der Waals surface area contributed by atoms with Crippen LogP contribution >= 0.6 is 0 Å². The van der Waals surface area contributed by atoms with Gasteiger partial charge in [0.05, 0.1) is 0 Å². The Kier molecular flexibility index (Phi) is 6.67. The molecule has 3 heteroatoms. The van der Waals surface area contributed by atoms with Crippen molar-refractivity contribution >= 4 is 11.6 Å². The largest absolute Gasteiger partial charge is 0.507 e. The van der Waals surface area contributed by atoms with Gasteiger partial charge in [-0.25, -0.2) is 0 Å². The highest BCUT2D eigenvalue weighted by Crippen LogP contribution is 2.29. The number of amides is 1. The molecule has 0 spiro atoms. The fourth-order valence-corrected chi connectivity index (χ4v) is 2.56. The van der Waals surface area contributed by atoms with Gasteiger partial charge in [0, 0.05) is 17.7 Å². The van der Waals surface area contributed by atoms with Crippen molar-refractivity contribution in [2.24, 2.45) is 0 Å². The second-order valence-corrected chi connectivity index (χ2v) is 5.81. The van der Waals surface area contributed by atoms with E-state index in [-0.39, 0.29) is 11.7 Å². The van der Waals surface area contributed by atoms with Gasteiger partial charge in [0.2, 0.25) is 5.91 Å². The van der Waals surface area contributed by atoms with Crippen LogP contribution in [0, 0.1) is 0 Å². The molecule has 3 nitrogen and oxygen atoms in total. The first-order chi connectivity index (χ1) is 11.2. The maximum atomic E-state index is 11.9. The average Bonchev–Trinajstić information content (AvgIpc) is 2.56. The lowest BCUT2D eigenvalue weighted by atomic mass is 10.0. The van der Waals surface area contributed by atoms with Gasteiger partial charge in [-0.2, -0.15) is 0 Å². The maximum absolute atomic E-state index is 11.9. The summed E-state index contributed by atoms with van der Waals surface area (Å²) in [6.45, 7) is 2.19. The highest BCUT2D eigenvalue weighted by atomic mass is 16.3. The van der Waals surface area contributed by atoms with Crippen molar-refractivity contribution in [2.75, 3.05) is 5.32 Å². The lowest BCUT2D eigenvalue weighted by molar-refractivity contribution is -0.116. The van der Waals surface area contributed by atoms with Gasteiger partial charge >= 0.3 is 0 Å². The highest BCUT2D eigenvalue weighted by molar-refractivity contribution is 5.91. The molecule has 2 N–H and O–H groups in total. The Balaban J connectivity index is 1.85. The summed E-state index contributed by atoms with van der Waals surface area (Å²) in [5.41, 5.74) is 2.52. The predicted octanol–water partition coefficient (Wildman–Crippen LogP) is 5.36. The van der Waals surface area contributed by atoms with E-state index in [1.165, 1.54) is 19.3 Å². The fraction of sp³-hybridized carbons (Fsp3) is 0.350. The van der Waals surface area contributed by atoms with Gasteiger partial charge in [0.15, 0.2) is 0 Å². The number of hydrogen-bond donors (Lipinski definition) is 2. The molecule has 0 heterocycles. The summed E-state index contributed by atoms with van der Waals surface area (Å²) in [6, 6.07) is 14.8. The van der Waals surface area contributed by atoms with E-state index in [1.807, 2.05) is 36.4 Å². The Morgan fingerprint density at radius 2 is 1.65 bits per heavy atom. The molecular formula is C20H25NO2. The van der Waals surface area contributed by atoms with Crippen molar-refractivity contribution in [3.63, 3.8) is 0 Å². The molecule has 0 unspecified atom stereocenters. The van der Waals surface area contributed by atoms with E-state index in [4.69, 9.17) is 0 Å². The van der Waals surface area contributed by atoms with E-state index >= 15 is 0 Å². The summed E-state index contributed by atoms with van der Waals surface area (Å²) in [5.74, 6) is 0.327. The summed E-state index contributed by atoms with van der Waals surface area (Å²) in [5, 5.41) is 12.8. The maximum Gasteiger partial charge on any atom is 0.224 e. The number of phenols is 1. The second kappa shape index (κ2) is 8.99. The third-order valence-corrected chi connectivity index (χ3v) is 3.89. The molecule has 0 aliphatic heterocycles. The first-order valence-corrected chi connectivity index (χ1v) is 8.39. The average molecular weight is 311 g/mol. The van der Waals surface area contributed by atoms with E-state index in [2.05, 4.69) is 12.2 Å². The van der Waals surface area contributed by atoms with Crippen LogP contribution in [0.1, 0.15) is 45.4 Å². The number of phenolic OH excluding ortho intramolecular Hbond substituents is 1. The van der Waals surface area contributed by atoms with E-state index in [0.717, 1.165) is 29.7 Å². The summed E-state index contributed by atoms with van der Waals surface area (Å²) in [4.78, 5) is 11.9. The van der Waals surface area contributed by atoms with E-state index in [9.17, 15) is 9.90 Å². The van der Waals surface area contributed by atoms with Gasteiger partial charge in [0.25, 0.3) is 0 Å². The Bertz CT molecular complexity index is 620. The smallest absolute Gasteiger partial charge is 0.224 e. The quantitative estimate of drug-likeness (QED) is 0.645. The van der Waals surface area contributed by atoms with Crippen LogP contribution in [-0.2, 0) is 4.79 Å². The van der Waals surface area contributed by atoms with Crippen LogP contribution in [0.4, 0.5) is 5.69 Å². The van der Waals surface area contributed by atoms with Crippen LogP contribution in [0.5, 0.6) is 5.75 Å². The number of unbranched alkanes of at least 4 members (excludes halogenated alkanes) is 4. The zero-order valence-corrected chi connectivity index (χ0v) is 13.7. The minimum Gasteiger partial charge on any atom is -0.507 e. The SMILES string of the molecule is CCCCCCCC(=O)Nc1ccc(-c2ccccc2O)cc1. The van der Waals surface area contributed by atoms with Crippen molar-refractivity contribution in [3.05, 3.63) is 48.5 Å². The van der Waals surface area contributed by atoms with Crippen molar-refractivity contribution in [3.8, 4) is 16.9 Å². The number of rotatable bonds is 8. The highest BCUT2D eigenvalue weighted by Gasteiger charge is 2.05. The number of para-hydroxylation sites is 1. The summed E-state index contributed by atoms with van der Waals surface area (Å²) in [7, 11) is 0. The van der Waals surface area contributed by atoms with Gasteiger partial charge in [0.1, 0.15) is 5.75 Å². The van der Waals surface area contributed by atoms with E-state index < -0.39 is 0 Å². The van der Waals surface area contributed by atoms with Crippen molar-refractivity contribution < 1.29 is 9.90 Å². The lowest BCUT2D eigenvalue weighted by Gasteiger charge is -2.08. The zero-order chi connectivity index (χ0) is 16.5. The minimum atomic E-state index is 0.0665. The van der Waals surface area contributed by atoms with Crippen molar-refractivity contribution in [1.82, 2.24) is 0 Å². The number of aromatic hydroxyl groups is 1. The molecule has 1 amide bonds. The number of anilines is 1. The van der Waals surface area contributed by atoms with Crippen LogP contribution in [0.15, 0.2) is 48.5 Å². The van der Waals surface area contributed by atoms with Gasteiger partial charge < -0.3 is 10.4 Å². The Morgan fingerprint density at radius 3 is 2.35 bits per heavy atom. The van der Waals surface area contributed by atoms with Crippen LogP contribution < -0.4 is 5.32 Å². The second-order valence-electron chi connectivity index (χ2n) is 5.81. The molecule has 0 aromatic heterocycles.